The van der Waals surface area contributed by atoms with Crippen LogP contribution in [-0.2, 0) is 0 Å². The molecule has 92 valence electrons. The van der Waals surface area contributed by atoms with Crippen LogP contribution in [0.25, 0.3) is 16.6 Å². The Bertz CT molecular complexity index is 813. The molecule has 0 aliphatic carbocycles. The molecule has 3 aromatic rings. The van der Waals surface area contributed by atoms with Crippen molar-refractivity contribution in [3.05, 3.63) is 64.3 Å². The first-order chi connectivity index (χ1) is 9.19. The maximum absolute atomic E-state index is 9.21. The Kier molecular flexibility index (Phi) is 2.94. The first-order valence-corrected chi connectivity index (χ1v) is 6.41. The molecule has 0 N–H and O–H groups in total. The molecule has 0 unspecified atom stereocenters. The number of aromatic nitrogens is 1. The summed E-state index contributed by atoms with van der Waals surface area (Å²) in [6.45, 7) is 0. The van der Waals surface area contributed by atoms with Gasteiger partial charge in [-0.1, -0.05) is 23.2 Å². The van der Waals surface area contributed by atoms with Crippen molar-refractivity contribution in [2.24, 2.45) is 0 Å². The van der Waals surface area contributed by atoms with Crippen LogP contribution in [0.15, 0.2) is 48.7 Å². The lowest BCUT2D eigenvalue weighted by Gasteiger charge is -2.08. The minimum absolute atomic E-state index is 0.542. The van der Waals surface area contributed by atoms with Gasteiger partial charge in [0, 0.05) is 21.6 Å². The molecule has 0 fully saturated rings. The highest BCUT2D eigenvalue weighted by molar-refractivity contribution is 6.31. The molecule has 4 heteroatoms. The summed E-state index contributed by atoms with van der Waals surface area (Å²) in [6, 6.07) is 15.1. The lowest BCUT2D eigenvalue weighted by molar-refractivity contribution is 1.12. The van der Waals surface area contributed by atoms with Gasteiger partial charge in [-0.25, -0.2) is 0 Å². The number of nitrogens with zero attached hydrogens (tertiary/aromatic N) is 2. The predicted molar refractivity (Wildman–Crippen MR) is 78.0 cm³/mol. The van der Waals surface area contributed by atoms with E-state index in [2.05, 4.69) is 6.07 Å². The van der Waals surface area contributed by atoms with Crippen molar-refractivity contribution in [3.8, 4) is 11.8 Å². The Hall–Kier alpha value is -1.95. The molecular formula is C15H8Cl2N2. The van der Waals surface area contributed by atoms with Crippen LogP contribution in [0.4, 0.5) is 0 Å². The molecule has 3 rings (SSSR count). The number of hydrogen-bond acceptors (Lipinski definition) is 1. The second-order valence-electron chi connectivity index (χ2n) is 4.16. The van der Waals surface area contributed by atoms with E-state index in [9.17, 15) is 5.26 Å². The fraction of sp³-hybridized carbons (Fsp3) is 0. The first kappa shape index (κ1) is 12.1. The Labute approximate surface area is 120 Å². The molecule has 0 atom stereocenters. The summed E-state index contributed by atoms with van der Waals surface area (Å²) in [4.78, 5) is 0. The van der Waals surface area contributed by atoms with Gasteiger partial charge in [0.1, 0.15) is 6.07 Å². The fourth-order valence-corrected chi connectivity index (χ4v) is 2.48. The van der Waals surface area contributed by atoms with Crippen LogP contribution < -0.4 is 0 Å². The second kappa shape index (κ2) is 4.62. The Morgan fingerprint density at radius 1 is 0.947 bits per heavy atom. The zero-order valence-corrected chi connectivity index (χ0v) is 11.3. The summed E-state index contributed by atoms with van der Waals surface area (Å²) >= 11 is 11.9. The van der Waals surface area contributed by atoms with Gasteiger partial charge in [-0.3, -0.25) is 0 Å². The largest absolute Gasteiger partial charge is 0.315 e. The minimum atomic E-state index is 0.542. The summed E-state index contributed by atoms with van der Waals surface area (Å²) in [5, 5.41) is 11.5. The molecule has 0 amide bonds. The summed E-state index contributed by atoms with van der Waals surface area (Å²) in [5.41, 5.74) is 2.35. The average Bonchev–Trinajstić information content (AvgIpc) is 2.81. The van der Waals surface area contributed by atoms with Gasteiger partial charge in [0.2, 0.25) is 0 Å². The van der Waals surface area contributed by atoms with Crippen LogP contribution in [0, 0.1) is 11.3 Å². The Morgan fingerprint density at radius 3 is 2.47 bits per heavy atom. The van der Waals surface area contributed by atoms with E-state index in [0.717, 1.165) is 16.6 Å². The van der Waals surface area contributed by atoms with Crippen LogP contribution >= 0.6 is 23.2 Å². The Balaban J connectivity index is 2.28. The quantitative estimate of drug-likeness (QED) is 0.631. The highest BCUT2D eigenvalue weighted by atomic mass is 35.5. The van der Waals surface area contributed by atoms with Crippen molar-refractivity contribution in [1.29, 1.82) is 5.26 Å². The molecule has 2 aromatic carbocycles. The van der Waals surface area contributed by atoms with E-state index in [1.165, 1.54) is 0 Å². The van der Waals surface area contributed by atoms with Crippen LogP contribution in [0.1, 0.15) is 5.56 Å². The van der Waals surface area contributed by atoms with E-state index < -0.39 is 0 Å². The van der Waals surface area contributed by atoms with Crippen molar-refractivity contribution in [2.75, 3.05) is 0 Å². The van der Waals surface area contributed by atoms with E-state index in [4.69, 9.17) is 23.2 Å². The molecule has 2 nitrogen and oxygen atoms in total. The molecular weight excluding hydrogens is 279 g/mol. The molecule has 0 saturated heterocycles. The smallest absolute Gasteiger partial charge is 0.101 e. The van der Waals surface area contributed by atoms with Crippen LogP contribution in [-0.4, -0.2) is 4.57 Å². The first-order valence-electron chi connectivity index (χ1n) is 5.66. The summed E-state index contributed by atoms with van der Waals surface area (Å²) < 4.78 is 1.96. The fourth-order valence-electron chi connectivity index (χ4n) is 2.13. The number of rotatable bonds is 1. The van der Waals surface area contributed by atoms with Gasteiger partial charge in [0.05, 0.1) is 16.8 Å². The van der Waals surface area contributed by atoms with E-state index in [1.807, 2.05) is 41.1 Å². The van der Waals surface area contributed by atoms with Crippen molar-refractivity contribution in [2.45, 2.75) is 0 Å². The molecule has 0 saturated carbocycles. The standard InChI is InChI=1S/C15H8Cl2N2/c16-12-1-3-14-10(7-12)5-6-19(14)15-4-2-13(17)8-11(15)9-18/h1-8H. The van der Waals surface area contributed by atoms with Gasteiger partial charge in [0.15, 0.2) is 0 Å². The van der Waals surface area contributed by atoms with E-state index in [0.29, 0.717) is 15.6 Å². The monoisotopic (exact) mass is 286 g/mol. The molecule has 1 aromatic heterocycles. The molecule has 0 radical (unpaired) electrons. The molecule has 19 heavy (non-hydrogen) atoms. The predicted octanol–water partition coefficient (Wildman–Crippen LogP) is 4.81. The highest BCUT2D eigenvalue weighted by Gasteiger charge is 2.08. The zero-order chi connectivity index (χ0) is 13.4. The van der Waals surface area contributed by atoms with Crippen molar-refractivity contribution in [1.82, 2.24) is 4.57 Å². The van der Waals surface area contributed by atoms with Gasteiger partial charge >= 0.3 is 0 Å². The third kappa shape index (κ3) is 2.08. The summed E-state index contributed by atoms with van der Waals surface area (Å²) in [5.74, 6) is 0. The van der Waals surface area contributed by atoms with Crippen LogP contribution in [0.5, 0.6) is 0 Å². The van der Waals surface area contributed by atoms with E-state index >= 15 is 0 Å². The maximum Gasteiger partial charge on any atom is 0.101 e. The topological polar surface area (TPSA) is 28.7 Å². The van der Waals surface area contributed by atoms with Crippen molar-refractivity contribution in [3.63, 3.8) is 0 Å². The molecule has 0 spiro atoms. The SMILES string of the molecule is N#Cc1cc(Cl)ccc1-n1ccc2cc(Cl)ccc21. The molecule has 1 heterocycles. The Morgan fingerprint density at radius 2 is 1.68 bits per heavy atom. The molecule has 0 bridgehead atoms. The number of benzene rings is 2. The van der Waals surface area contributed by atoms with Crippen LogP contribution in [0.2, 0.25) is 10.0 Å². The number of fused-ring (bicyclic) bond motifs is 1. The maximum atomic E-state index is 9.21. The summed E-state index contributed by atoms with van der Waals surface area (Å²) in [7, 11) is 0. The van der Waals surface area contributed by atoms with Gasteiger partial charge in [-0.2, -0.15) is 5.26 Å². The van der Waals surface area contributed by atoms with Crippen molar-refractivity contribution < 1.29 is 0 Å². The normalized spacial score (nSPS) is 10.6. The van der Waals surface area contributed by atoms with Crippen molar-refractivity contribution >= 4 is 34.1 Å². The van der Waals surface area contributed by atoms with Gasteiger partial charge in [0.25, 0.3) is 0 Å². The zero-order valence-electron chi connectivity index (χ0n) is 9.77. The molecule has 0 aliphatic rings. The van der Waals surface area contributed by atoms with Gasteiger partial charge in [-0.05, 0) is 42.5 Å². The minimum Gasteiger partial charge on any atom is -0.315 e. The number of halogens is 2. The third-order valence-electron chi connectivity index (χ3n) is 2.99. The lowest BCUT2D eigenvalue weighted by Crippen LogP contribution is -1.95. The highest BCUT2D eigenvalue weighted by Crippen LogP contribution is 2.26. The molecule has 0 aliphatic heterocycles. The van der Waals surface area contributed by atoms with Gasteiger partial charge < -0.3 is 4.57 Å². The van der Waals surface area contributed by atoms with Gasteiger partial charge in [-0.15, -0.1) is 0 Å². The third-order valence-corrected chi connectivity index (χ3v) is 3.46. The number of hydrogen-bond donors (Lipinski definition) is 0. The second-order valence-corrected chi connectivity index (χ2v) is 5.04. The average molecular weight is 287 g/mol. The van der Waals surface area contributed by atoms with Crippen LogP contribution in [0.3, 0.4) is 0 Å². The van der Waals surface area contributed by atoms with E-state index in [-0.39, 0.29) is 0 Å². The van der Waals surface area contributed by atoms with E-state index in [1.54, 1.807) is 12.1 Å². The lowest BCUT2D eigenvalue weighted by atomic mass is 10.2. The number of nitriles is 1. The summed E-state index contributed by atoms with van der Waals surface area (Å²) in [6.07, 6.45) is 1.92.